The highest BCUT2D eigenvalue weighted by Gasteiger charge is 2.12. The first kappa shape index (κ1) is 14.7. The Balaban J connectivity index is 3.56. The van der Waals surface area contributed by atoms with Crippen molar-refractivity contribution in [2.75, 3.05) is 20.6 Å². The highest BCUT2D eigenvalue weighted by Crippen LogP contribution is 1.95. The molecule has 0 fully saturated rings. The number of amides is 1. The molecule has 0 aliphatic carbocycles. The van der Waals surface area contributed by atoms with E-state index in [-0.39, 0.29) is 17.8 Å². The number of nitrogens with zero attached hydrogens (tertiary/aromatic N) is 2. The van der Waals surface area contributed by atoms with Crippen LogP contribution < -0.4 is 11.1 Å². The monoisotopic (exact) mass is 230 g/mol. The lowest BCUT2D eigenvalue weighted by Gasteiger charge is -2.17. The zero-order valence-electron chi connectivity index (χ0n) is 10.2. The van der Waals surface area contributed by atoms with Crippen molar-refractivity contribution in [2.45, 2.75) is 32.2 Å². The third-order valence-electron chi connectivity index (χ3n) is 2.25. The summed E-state index contributed by atoms with van der Waals surface area (Å²) in [4.78, 5) is 13.0. The maximum absolute atomic E-state index is 11.5. The van der Waals surface area contributed by atoms with E-state index in [1.54, 1.807) is 19.0 Å². The largest absolute Gasteiger partial charge is 0.409 e. The maximum atomic E-state index is 11.5. The van der Waals surface area contributed by atoms with Crippen molar-refractivity contribution in [1.82, 2.24) is 10.2 Å². The van der Waals surface area contributed by atoms with Crippen molar-refractivity contribution < 1.29 is 10.0 Å². The van der Waals surface area contributed by atoms with Crippen molar-refractivity contribution in [3.8, 4) is 0 Å². The Bertz CT molecular complexity index is 241. The zero-order valence-corrected chi connectivity index (χ0v) is 10.2. The lowest BCUT2D eigenvalue weighted by Crippen LogP contribution is -2.41. The van der Waals surface area contributed by atoms with Gasteiger partial charge in [0.1, 0.15) is 5.84 Å². The van der Waals surface area contributed by atoms with Crippen molar-refractivity contribution in [1.29, 1.82) is 0 Å². The van der Waals surface area contributed by atoms with Crippen molar-refractivity contribution in [3.63, 3.8) is 0 Å². The molecule has 16 heavy (non-hydrogen) atoms. The Hall–Kier alpha value is -1.30. The molecule has 0 radical (unpaired) electrons. The lowest BCUT2D eigenvalue weighted by atomic mass is 10.2. The average molecular weight is 230 g/mol. The highest BCUT2D eigenvalue weighted by molar-refractivity contribution is 5.81. The quantitative estimate of drug-likeness (QED) is 0.188. The van der Waals surface area contributed by atoms with Gasteiger partial charge in [-0.25, -0.2) is 0 Å². The number of nitrogens with two attached hydrogens (primary N) is 1. The minimum atomic E-state index is -0.168. The second-order valence-corrected chi connectivity index (χ2v) is 3.96. The van der Waals surface area contributed by atoms with E-state index in [0.29, 0.717) is 6.42 Å². The Morgan fingerprint density at radius 2 is 2.12 bits per heavy atom. The SMILES string of the molecule is CC(NCCCCC(N)=NO)C(=O)N(C)C. The molecule has 4 N–H and O–H groups in total. The van der Waals surface area contributed by atoms with Gasteiger partial charge in [-0.2, -0.15) is 0 Å². The van der Waals surface area contributed by atoms with E-state index in [1.165, 1.54) is 0 Å². The molecule has 0 aliphatic heterocycles. The van der Waals surface area contributed by atoms with Gasteiger partial charge in [-0.05, 0) is 26.3 Å². The summed E-state index contributed by atoms with van der Waals surface area (Å²) in [6.45, 7) is 2.59. The number of amidine groups is 1. The summed E-state index contributed by atoms with van der Waals surface area (Å²) >= 11 is 0. The summed E-state index contributed by atoms with van der Waals surface area (Å²) in [6.07, 6.45) is 2.31. The molecule has 6 heteroatoms. The van der Waals surface area contributed by atoms with E-state index >= 15 is 0 Å². The number of likely N-dealkylation sites (N-methyl/N-ethyl adjacent to an activating group) is 1. The van der Waals surface area contributed by atoms with Crippen LogP contribution in [-0.4, -0.2) is 48.5 Å². The summed E-state index contributed by atoms with van der Waals surface area (Å²) in [5, 5.41) is 14.3. The Kier molecular flexibility index (Phi) is 7.28. The van der Waals surface area contributed by atoms with E-state index in [9.17, 15) is 4.79 Å². The molecular weight excluding hydrogens is 208 g/mol. The molecule has 94 valence electrons. The van der Waals surface area contributed by atoms with Gasteiger partial charge in [-0.1, -0.05) is 5.16 Å². The van der Waals surface area contributed by atoms with Crippen LogP contribution in [0.1, 0.15) is 26.2 Å². The third kappa shape index (κ3) is 6.23. The predicted octanol–water partition coefficient (Wildman–Crippen LogP) is -0.0306. The molecule has 0 heterocycles. The minimum Gasteiger partial charge on any atom is -0.409 e. The fourth-order valence-corrected chi connectivity index (χ4v) is 1.27. The first-order valence-corrected chi connectivity index (χ1v) is 5.40. The van der Waals surface area contributed by atoms with Crippen LogP contribution in [0.2, 0.25) is 0 Å². The number of rotatable bonds is 7. The number of unbranched alkanes of at least 4 members (excludes halogenated alkanes) is 1. The molecule has 0 aromatic rings. The van der Waals surface area contributed by atoms with Crippen molar-refractivity contribution in [2.24, 2.45) is 10.9 Å². The predicted molar refractivity (Wildman–Crippen MR) is 63.4 cm³/mol. The first-order valence-electron chi connectivity index (χ1n) is 5.40. The van der Waals surface area contributed by atoms with Gasteiger partial charge in [0.25, 0.3) is 0 Å². The topological polar surface area (TPSA) is 91.0 Å². The standard InChI is InChI=1S/C10H22N4O2/c1-8(10(15)14(2)3)12-7-5-4-6-9(11)13-16/h8,12,16H,4-7H2,1-3H3,(H2,11,13). The normalized spacial score (nSPS) is 13.6. The fraction of sp³-hybridized carbons (Fsp3) is 0.800. The van der Waals surface area contributed by atoms with Crippen LogP contribution >= 0.6 is 0 Å². The summed E-state index contributed by atoms with van der Waals surface area (Å²) in [5.41, 5.74) is 5.32. The number of hydrogen-bond donors (Lipinski definition) is 3. The number of nitrogens with one attached hydrogen (secondary N) is 1. The second kappa shape index (κ2) is 7.92. The fourth-order valence-electron chi connectivity index (χ4n) is 1.27. The minimum absolute atomic E-state index is 0.0661. The molecule has 0 saturated heterocycles. The van der Waals surface area contributed by atoms with Gasteiger partial charge < -0.3 is 21.2 Å². The summed E-state index contributed by atoms with van der Waals surface area (Å²) in [7, 11) is 3.47. The number of carbonyl (C=O) groups excluding carboxylic acids is 1. The molecule has 0 bridgehead atoms. The maximum Gasteiger partial charge on any atom is 0.238 e. The zero-order chi connectivity index (χ0) is 12.6. The van der Waals surface area contributed by atoms with Crippen LogP contribution in [0.25, 0.3) is 0 Å². The van der Waals surface area contributed by atoms with Gasteiger partial charge in [0.15, 0.2) is 0 Å². The van der Waals surface area contributed by atoms with Crippen LogP contribution in [0, 0.1) is 0 Å². The molecule has 1 amide bonds. The molecule has 6 nitrogen and oxygen atoms in total. The van der Waals surface area contributed by atoms with E-state index in [2.05, 4.69) is 10.5 Å². The molecule has 0 saturated carbocycles. The Morgan fingerprint density at radius 1 is 1.50 bits per heavy atom. The smallest absolute Gasteiger partial charge is 0.238 e. The van der Waals surface area contributed by atoms with E-state index < -0.39 is 0 Å². The number of hydrogen-bond acceptors (Lipinski definition) is 4. The van der Waals surface area contributed by atoms with E-state index in [4.69, 9.17) is 10.9 Å². The van der Waals surface area contributed by atoms with Gasteiger partial charge in [0, 0.05) is 20.5 Å². The van der Waals surface area contributed by atoms with Gasteiger partial charge in [-0.15, -0.1) is 0 Å². The Morgan fingerprint density at radius 3 is 2.62 bits per heavy atom. The van der Waals surface area contributed by atoms with Crippen LogP contribution in [-0.2, 0) is 4.79 Å². The molecule has 0 aromatic carbocycles. The molecule has 0 aliphatic rings. The van der Waals surface area contributed by atoms with Gasteiger partial charge in [0.2, 0.25) is 5.91 Å². The van der Waals surface area contributed by atoms with Crippen molar-refractivity contribution in [3.05, 3.63) is 0 Å². The molecule has 0 rings (SSSR count). The first-order chi connectivity index (χ1) is 7.49. The summed E-state index contributed by atoms with van der Waals surface area (Å²) in [6, 6.07) is -0.168. The number of oxime groups is 1. The molecule has 0 aromatic heterocycles. The van der Waals surface area contributed by atoms with Crippen molar-refractivity contribution >= 4 is 11.7 Å². The Labute approximate surface area is 96.5 Å². The van der Waals surface area contributed by atoms with E-state index in [0.717, 1.165) is 19.4 Å². The second-order valence-electron chi connectivity index (χ2n) is 3.96. The molecular formula is C10H22N4O2. The molecule has 1 atom stereocenters. The van der Waals surface area contributed by atoms with Crippen LogP contribution in [0.15, 0.2) is 5.16 Å². The van der Waals surface area contributed by atoms with E-state index in [1.807, 2.05) is 6.92 Å². The van der Waals surface area contributed by atoms with Gasteiger partial charge in [-0.3, -0.25) is 4.79 Å². The molecule has 1 unspecified atom stereocenters. The van der Waals surface area contributed by atoms with Crippen LogP contribution in [0.4, 0.5) is 0 Å². The van der Waals surface area contributed by atoms with Crippen LogP contribution in [0.3, 0.4) is 0 Å². The lowest BCUT2D eigenvalue weighted by molar-refractivity contribution is -0.130. The van der Waals surface area contributed by atoms with Gasteiger partial charge >= 0.3 is 0 Å². The third-order valence-corrected chi connectivity index (χ3v) is 2.25. The average Bonchev–Trinajstić information content (AvgIpc) is 2.26. The molecule has 0 spiro atoms. The van der Waals surface area contributed by atoms with Crippen LogP contribution in [0.5, 0.6) is 0 Å². The number of carbonyl (C=O) groups is 1. The highest BCUT2D eigenvalue weighted by atomic mass is 16.4. The summed E-state index contributed by atoms with van der Waals surface area (Å²) < 4.78 is 0. The summed E-state index contributed by atoms with van der Waals surface area (Å²) in [5.74, 6) is 0.314. The van der Waals surface area contributed by atoms with Gasteiger partial charge in [0.05, 0.1) is 6.04 Å².